The summed E-state index contributed by atoms with van der Waals surface area (Å²) in [5.74, 6) is 1.67. The van der Waals surface area contributed by atoms with Crippen LogP contribution in [0.2, 0.25) is 10.0 Å². The highest BCUT2D eigenvalue weighted by molar-refractivity contribution is 6.31. The minimum absolute atomic E-state index is 0.0234. The number of hydrazone groups is 1. The molecule has 2 aliphatic heterocycles. The minimum atomic E-state index is -0.405. The first-order valence-corrected chi connectivity index (χ1v) is 10.7. The molecule has 3 aromatic carbocycles. The Morgan fingerprint density at radius 2 is 1.83 bits per heavy atom. The molecule has 0 fully saturated rings. The van der Waals surface area contributed by atoms with Gasteiger partial charge >= 0.3 is 0 Å². The Kier molecular flexibility index (Phi) is 5.05. The van der Waals surface area contributed by atoms with E-state index in [4.69, 9.17) is 37.8 Å². The molecular weight excluding hydrogens is 419 g/mol. The van der Waals surface area contributed by atoms with Gasteiger partial charge in [0.05, 0.1) is 18.4 Å². The molecule has 0 spiro atoms. The fourth-order valence-electron chi connectivity index (χ4n) is 4.02. The predicted molar refractivity (Wildman–Crippen MR) is 120 cm³/mol. The lowest BCUT2D eigenvalue weighted by molar-refractivity contribution is -0.0189. The van der Waals surface area contributed by atoms with E-state index in [0.29, 0.717) is 16.7 Å². The largest absolute Gasteiger partial charge is 0.494 e. The molecule has 30 heavy (non-hydrogen) atoms. The van der Waals surface area contributed by atoms with Crippen molar-refractivity contribution in [3.05, 3.63) is 93.5 Å². The van der Waals surface area contributed by atoms with Crippen LogP contribution in [-0.2, 0) is 0 Å². The zero-order valence-electron chi connectivity index (χ0n) is 16.4. The van der Waals surface area contributed by atoms with E-state index in [-0.39, 0.29) is 6.04 Å². The van der Waals surface area contributed by atoms with Crippen LogP contribution in [0.1, 0.15) is 42.3 Å². The number of rotatable bonds is 4. The average Bonchev–Trinajstić information content (AvgIpc) is 3.20. The Balaban J connectivity index is 1.56. The highest BCUT2D eigenvalue weighted by atomic mass is 35.5. The van der Waals surface area contributed by atoms with Crippen molar-refractivity contribution in [2.24, 2.45) is 5.10 Å². The second-order valence-electron chi connectivity index (χ2n) is 7.28. The highest BCUT2D eigenvalue weighted by Crippen LogP contribution is 2.49. The first-order valence-electron chi connectivity index (χ1n) is 9.93. The third-order valence-corrected chi connectivity index (χ3v) is 6.00. The predicted octanol–water partition coefficient (Wildman–Crippen LogP) is 6.63. The molecule has 0 radical (unpaired) electrons. The third-order valence-electron chi connectivity index (χ3n) is 5.42. The molecule has 0 aromatic heterocycles. The van der Waals surface area contributed by atoms with Crippen LogP contribution in [0.25, 0.3) is 0 Å². The Morgan fingerprint density at radius 1 is 1.03 bits per heavy atom. The van der Waals surface area contributed by atoms with E-state index >= 15 is 0 Å². The normalized spacial score (nSPS) is 19.6. The smallest absolute Gasteiger partial charge is 0.215 e. The number of hydrogen-bond acceptors (Lipinski definition) is 4. The molecule has 0 saturated heterocycles. The quantitative estimate of drug-likeness (QED) is 0.457. The summed E-state index contributed by atoms with van der Waals surface area (Å²) in [5.41, 5.74) is 3.99. The van der Waals surface area contributed by atoms with Gasteiger partial charge in [0.1, 0.15) is 11.5 Å². The molecule has 2 aliphatic rings. The van der Waals surface area contributed by atoms with Crippen LogP contribution in [0, 0.1) is 0 Å². The van der Waals surface area contributed by atoms with E-state index in [1.165, 1.54) is 0 Å². The standard InChI is InChI=1S/C24H20Cl2N2O2/c1-2-29-17-10-7-15(8-11-17)21-14-22-19-13-16(25)9-12-23(19)30-24(28(22)27-21)18-5-3-4-6-20(18)26/h3-13,22,24H,2,14H2,1H3/t22-,24+/m0/s1. The van der Waals surface area contributed by atoms with Crippen molar-refractivity contribution >= 4 is 28.9 Å². The topological polar surface area (TPSA) is 34.1 Å². The molecule has 0 unspecified atom stereocenters. The molecule has 152 valence electrons. The van der Waals surface area contributed by atoms with Crippen molar-refractivity contribution in [2.45, 2.75) is 25.6 Å². The molecule has 0 saturated carbocycles. The molecule has 4 nitrogen and oxygen atoms in total. The van der Waals surface area contributed by atoms with Crippen molar-refractivity contribution in [3.8, 4) is 11.5 Å². The summed E-state index contributed by atoms with van der Waals surface area (Å²) < 4.78 is 11.9. The molecule has 0 bridgehead atoms. The van der Waals surface area contributed by atoms with Crippen LogP contribution in [0.15, 0.2) is 71.8 Å². The molecule has 6 heteroatoms. The number of benzene rings is 3. The summed E-state index contributed by atoms with van der Waals surface area (Å²) >= 11 is 12.8. The van der Waals surface area contributed by atoms with Gasteiger partial charge in [0.2, 0.25) is 6.23 Å². The van der Waals surface area contributed by atoms with Crippen LogP contribution in [0.5, 0.6) is 11.5 Å². The Bertz CT molecular complexity index is 1110. The van der Waals surface area contributed by atoms with Crippen molar-refractivity contribution in [3.63, 3.8) is 0 Å². The molecule has 2 atom stereocenters. The lowest BCUT2D eigenvalue weighted by Gasteiger charge is -2.38. The lowest BCUT2D eigenvalue weighted by atomic mass is 9.96. The van der Waals surface area contributed by atoms with Crippen LogP contribution in [-0.4, -0.2) is 17.3 Å². The van der Waals surface area contributed by atoms with Crippen LogP contribution in [0.4, 0.5) is 0 Å². The lowest BCUT2D eigenvalue weighted by Crippen LogP contribution is -2.33. The molecule has 0 aliphatic carbocycles. The van der Waals surface area contributed by atoms with Gasteiger partial charge in [-0.2, -0.15) is 5.10 Å². The van der Waals surface area contributed by atoms with Gasteiger partial charge in [0.15, 0.2) is 0 Å². The van der Waals surface area contributed by atoms with E-state index in [1.807, 2.05) is 78.7 Å². The number of fused-ring (bicyclic) bond motifs is 3. The summed E-state index contributed by atoms with van der Waals surface area (Å²) in [6, 6.07) is 21.5. The summed E-state index contributed by atoms with van der Waals surface area (Å²) in [5, 5.41) is 8.31. The SMILES string of the molecule is CCOc1ccc(C2=NN3[C@@H](c4ccccc4Cl)Oc4ccc(Cl)cc4[C@@H]3C2)cc1. The Labute approximate surface area is 185 Å². The van der Waals surface area contributed by atoms with Gasteiger partial charge in [0, 0.05) is 27.6 Å². The second kappa shape index (κ2) is 7.86. The van der Waals surface area contributed by atoms with Crippen LogP contribution >= 0.6 is 23.2 Å². The zero-order chi connectivity index (χ0) is 20.7. The van der Waals surface area contributed by atoms with Gasteiger partial charge in [-0.25, -0.2) is 5.01 Å². The summed E-state index contributed by atoms with van der Waals surface area (Å²) in [4.78, 5) is 0. The molecule has 3 aromatic rings. The van der Waals surface area contributed by atoms with Gasteiger partial charge in [0.25, 0.3) is 0 Å². The Hall–Kier alpha value is -2.69. The van der Waals surface area contributed by atoms with E-state index in [0.717, 1.165) is 40.3 Å². The number of halogens is 2. The number of hydrogen-bond donors (Lipinski definition) is 0. The van der Waals surface area contributed by atoms with Crippen molar-refractivity contribution in [1.82, 2.24) is 5.01 Å². The maximum absolute atomic E-state index is 6.51. The number of nitrogens with zero attached hydrogens (tertiary/aromatic N) is 2. The van der Waals surface area contributed by atoms with E-state index < -0.39 is 6.23 Å². The van der Waals surface area contributed by atoms with Gasteiger partial charge in [-0.3, -0.25) is 0 Å². The Morgan fingerprint density at radius 3 is 2.60 bits per heavy atom. The molecule has 0 N–H and O–H groups in total. The van der Waals surface area contributed by atoms with E-state index in [1.54, 1.807) is 0 Å². The first kappa shape index (κ1) is 19.3. The van der Waals surface area contributed by atoms with E-state index in [9.17, 15) is 0 Å². The van der Waals surface area contributed by atoms with E-state index in [2.05, 4.69) is 0 Å². The van der Waals surface area contributed by atoms with Gasteiger partial charge < -0.3 is 9.47 Å². The number of ether oxygens (including phenoxy) is 2. The van der Waals surface area contributed by atoms with Crippen molar-refractivity contribution in [2.75, 3.05) is 6.61 Å². The van der Waals surface area contributed by atoms with Gasteiger partial charge in [-0.1, -0.05) is 41.4 Å². The van der Waals surface area contributed by atoms with Gasteiger partial charge in [-0.05, 0) is 61.0 Å². The monoisotopic (exact) mass is 438 g/mol. The molecular formula is C24H20Cl2N2O2. The average molecular weight is 439 g/mol. The molecule has 2 heterocycles. The second-order valence-corrected chi connectivity index (χ2v) is 8.12. The minimum Gasteiger partial charge on any atom is -0.494 e. The summed E-state index contributed by atoms with van der Waals surface area (Å²) in [6.45, 7) is 2.62. The zero-order valence-corrected chi connectivity index (χ0v) is 17.9. The third kappa shape index (κ3) is 3.40. The fourth-order valence-corrected chi connectivity index (χ4v) is 4.43. The maximum Gasteiger partial charge on any atom is 0.215 e. The van der Waals surface area contributed by atoms with Gasteiger partial charge in [-0.15, -0.1) is 0 Å². The first-order chi connectivity index (χ1) is 14.6. The van der Waals surface area contributed by atoms with Crippen molar-refractivity contribution in [1.29, 1.82) is 0 Å². The summed E-state index contributed by atoms with van der Waals surface area (Å²) in [6.07, 6.45) is 0.351. The fraction of sp³-hybridized carbons (Fsp3) is 0.208. The maximum atomic E-state index is 6.51. The highest BCUT2D eigenvalue weighted by Gasteiger charge is 2.41. The van der Waals surface area contributed by atoms with Crippen molar-refractivity contribution < 1.29 is 9.47 Å². The van der Waals surface area contributed by atoms with Crippen LogP contribution < -0.4 is 9.47 Å². The van der Waals surface area contributed by atoms with Crippen LogP contribution in [0.3, 0.4) is 0 Å². The molecule has 5 rings (SSSR count). The summed E-state index contributed by atoms with van der Waals surface area (Å²) in [7, 11) is 0. The molecule has 0 amide bonds.